The predicted molar refractivity (Wildman–Crippen MR) is 90.1 cm³/mol. The topological polar surface area (TPSA) is 30.5 Å². The molecular weight excluding hydrogens is 262 g/mol. The first kappa shape index (κ1) is 17.6. The van der Waals surface area contributed by atoms with Crippen molar-refractivity contribution in [2.45, 2.75) is 40.7 Å². The van der Waals surface area contributed by atoms with Crippen molar-refractivity contribution in [1.82, 2.24) is 5.32 Å². The molecule has 118 valence electrons. The molecule has 3 nitrogen and oxygen atoms in total. The van der Waals surface area contributed by atoms with E-state index in [4.69, 9.17) is 9.47 Å². The van der Waals surface area contributed by atoms with E-state index >= 15 is 0 Å². The quantitative estimate of drug-likeness (QED) is 0.781. The summed E-state index contributed by atoms with van der Waals surface area (Å²) in [6.07, 6.45) is 2.33. The zero-order valence-electron chi connectivity index (χ0n) is 14.2. The van der Waals surface area contributed by atoms with Gasteiger partial charge in [-0.05, 0) is 32.4 Å². The lowest BCUT2D eigenvalue weighted by molar-refractivity contribution is 0.229. The number of ether oxygens (including phenoxy) is 2. The van der Waals surface area contributed by atoms with Crippen LogP contribution in [-0.4, -0.2) is 26.3 Å². The minimum atomic E-state index is 0.115. The second-order valence-corrected chi connectivity index (χ2v) is 5.70. The molecule has 0 unspecified atom stereocenters. The number of benzene rings is 1. The molecule has 21 heavy (non-hydrogen) atoms. The molecule has 0 saturated heterocycles. The first-order valence-electron chi connectivity index (χ1n) is 7.74. The van der Waals surface area contributed by atoms with Crippen LogP contribution in [0.2, 0.25) is 0 Å². The fourth-order valence-electron chi connectivity index (χ4n) is 2.06. The molecule has 1 aromatic rings. The SMILES string of the molecule is CCNCC(=Cc1cccc(OC)c1OC(C)C)C(C)C. The maximum absolute atomic E-state index is 5.96. The van der Waals surface area contributed by atoms with E-state index in [1.807, 2.05) is 26.0 Å². The number of hydrogen-bond acceptors (Lipinski definition) is 3. The summed E-state index contributed by atoms with van der Waals surface area (Å²) in [5.74, 6) is 2.09. The van der Waals surface area contributed by atoms with Crippen molar-refractivity contribution >= 4 is 6.08 Å². The van der Waals surface area contributed by atoms with Crippen molar-refractivity contribution < 1.29 is 9.47 Å². The molecule has 0 heterocycles. The van der Waals surface area contributed by atoms with Gasteiger partial charge < -0.3 is 14.8 Å². The van der Waals surface area contributed by atoms with Crippen LogP contribution in [0.4, 0.5) is 0 Å². The van der Waals surface area contributed by atoms with Gasteiger partial charge in [0.05, 0.1) is 13.2 Å². The Bertz CT molecular complexity index is 464. The highest BCUT2D eigenvalue weighted by Gasteiger charge is 2.12. The molecule has 0 aliphatic carbocycles. The summed E-state index contributed by atoms with van der Waals surface area (Å²) in [5.41, 5.74) is 2.43. The van der Waals surface area contributed by atoms with Crippen LogP contribution >= 0.6 is 0 Å². The summed E-state index contributed by atoms with van der Waals surface area (Å²) >= 11 is 0. The molecule has 1 aromatic carbocycles. The van der Waals surface area contributed by atoms with E-state index in [2.05, 4.69) is 38.2 Å². The van der Waals surface area contributed by atoms with Gasteiger partial charge in [0.25, 0.3) is 0 Å². The standard InChI is InChI=1S/C18H29NO2/c1-7-19-12-16(13(2)3)11-15-9-8-10-17(20-6)18(15)21-14(4)5/h8-11,13-14,19H,7,12H2,1-6H3. The van der Waals surface area contributed by atoms with Gasteiger partial charge >= 0.3 is 0 Å². The highest BCUT2D eigenvalue weighted by Crippen LogP contribution is 2.34. The maximum atomic E-state index is 5.96. The predicted octanol–water partition coefficient (Wildman–Crippen LogP) is 4.13. The molecule has 0 amide bonds. The van der Waals surface area contributed by atoms with Gasteiger partial charge in [-0.25, -0.2) is 0 Å². The fraction of sp³-hybridized carbons (Fsp3) is 0.556. The number of para-hydroxylation sites is 1. The molecule has 0 radical (unpaired) electrons. The van der Waals surface area contributed by atoms with Gasteiger partial charge in [-0.1, -0.05) is 44.6 Å². The average Bonchev–Trinajstić information content (AvgIpc) is 2.43. The van der Waals surface area contributed by atoms with E-state index in [9.17, 15) is 0 Å². The molecule has 0 aliphatic heterocycles. The molecule has 0 aliphatic rings. The molecule has 1 rings (SSSR count). The van der Waals surface area contributed by atoms with Crippen molar-refractivity contribution in [3.8, 4) is 11.5 Å². The molecular formula is C18H29NO2. The lowest BCUT2D eigenvalue weighted by Crippen LogP contribution is -2.18. The van der Waals surface area contributed by atoms with E-state index in [0.717, 1.165) is 30.2 Å². The van der Waals surface area contributed by atoms with Crippen LogP contribution in [0.5, 0.6) is 11.5 Å². The Hall–Kier alpha value is -1.48. The van der Waals surface area contributed by atoms with Crippen LogP contribution < -0.4 is 14.8 Å². The smallest absolute Gasteiger partial charge is 0.168 e. The lowest BCUT2D eigenvalue weighted by atomic mass is 9.99. The van der Waals surface area contributed by atoms with Crippen LogP contribution in [0.15, 0.2) is 23.8 Å². The van der Waals surface area contributed by atoms with Crippen molar-refractivity contribution in [2.75, 3.05) is 20.2 Å². The summed E-state index contributed by atoms with van der Waals surface area (Å²) in [4.78, 5) is 0. The van der Waals surface area contributed by atoms with Gasteiger partial charge in [0.1, 0.15) is 0 Å². The summed E-state index contributed by atoms with van der Waals surface area (Å²) in [7, 11) is 1.68. The molecule has 0 fully saturated rings. The van der Waals surface area contributed by atoms with Gasteiger partial charge in [0.15, 0.2) is 11.5 Å². The van der Waals surface area contributed by atoms with Crippen LogP contribution in [0.3, 0.4) is 0 Å². The number of hydrogen-bond donors (Lipinski definition) is 1. The first-order chi connectivity index (χ1) is 9.99. The zero-order valence-corrected chi connectivity index (χ0v) is 14.2. The lowest BCUT2D eigenvalue weighted by Gasteiger charge is -2.18. The van der Waals surface area contributed by atoms with Crippen molar-refractivity contribution in [3.05, 3.63) is 29.3 Å². The number of likely N-dealkylation sites (N-methyl/N-ethyl adjacent to an activating group) is 1. The van der Waals surface area contributed by atoms with Gasteiger partial charge in [-0.2, -0.15) is 0 Å². The third kappa shape index (κ3) is 5.43. The zero-order chi connectivity index (χ0) is 15.8. The monoisotopic (exact) mass is 291 g/mol. The van der Waals surface area contributed by atoms with E-state index in [1.54, 1.807) is 7.11 Å². The summed E-state index contributed by atoms with van der Waals surface area (Å²) in [5, 5.41) is 3.40. The number of nitrogens with one attached hydrogen (secondary N) is 1. The van der Waals surface area contributed by atoms with E-state index in [1.165, 1.54) is 5.57 Å². The third-order valence-electron chi connectivity index (χ3n) is 3.24. The summed E-state index contributed by atoms with van der Waals surface area (Å²) in [6.45, 7) is 12.5. The molecule has 0 bridgehead atoms. The second-order valence-electron chi connectivity index (χ2n) is 5.70. The number of rotatable bonds is 8. The van der Waals surface area contributed by atoms with Crippen molar-refractivity contribution in [1.29, 1.82) is 0 Å². The molecule has 0 saturated carbocycles. The second kappa shape index (κ2) is 8.73. The number of methoxy groups -OCH3 is 1. The van der Waals surface area contributed by atoms with Crippen molar-refractivity contribution in [2.24, 2.45) is 5.92 Å². The highest BCUT2D eigenvalue weighted by molar-refractivity contribution is 5.64. The van der Waals surface area contributed by atoms with E-state index in [0.29, 0.717) is 5.92 Å². The third-order valence-corrected chi connectivity index (χ3v) is 3.24. The Morgan fingerprint density at radius 3 is 2.48 bits per heavy atom. The Morgan fingerprint density at radius 2 is 1.95 bits per heavy atom. The molecule has 3 heteroatoms. The van der Waals surface area contributed by atoms with Gasteiger partial charge in [-0.3, -0.25) is 0 Å². The Morgan fingerprint density at radius 1 is 1.24 bits per heavy atom. The van der Waals surface area contributed by atoms with E-state index < -0.39 is 0 Å². The Kier molecular flexibility index (Phi) is 7.30. The minimum absolute atomic E-state index is 0.115. The molecule has 1 N–H and O–H groups in total. The Balaban J connectivity index is 3.19. The average molecular weight is 291 g/mol. The van der Waals surface area contributed by atoms with Gasteiger partial charge in [0, 0.05) is 12.1 Å². The molecule has 0 spiro atoms. The maximum Gasteiger partial charge on any atom is 0.168 e. The van der Waals surface area contributed by atoms with Crippen LogP contribution in [0.25, 0.3) is 6.08 Å². The molecule has 0 aromatic heterocycles. The van der Waals surface area contributed by atoms with Crippen LogP contribution in [-0.2, 0) is 0 Å². The van der Waals surface area contributed by atoms with Gasteiger partial charge in [-0.15, -0.1) is 0 Å². The van der Waals surface area contributed by atoms with Crippen LogP contribution in [0.1, 0.15) is 40.2 Å². The van der Waals surface area contributed by atoms with E-state index in [-0.39, 0.29) is 6.10 Å². The largest absolute Gasteiger partial charge is 0.493 e. The fourth-order valence-corrected chi connectivity index (χ4v) is 2.06. The first-order valence-corrected chi connectivity index (χ1v) is 7.74. The normalized spacial score (nSPS) is 12.1. The van der Waals surface area contributed by atoms with Crippen LogP contribution in [0, 0.1) is 5.92 Å². The molecule has 0 atom stereocenters. The highest BCUT2D eigenvalue weighted by atomic mass is 16.5. The minimum Gasteiger partial charge on any atom is -0.493 e. The Labute approximate surface area is 129 Å². The van der Waals surface area contributed by atoms with Crippen molar-refractivity contribution in [3.63, 3.8) is 0 Å². The summed E-state index contributed by atoms with van der Waals surface area (Å²) < 4.78 is 11.4. The van der Waals surface area contributed by atoms with Gasteiger partial charge in [0.2, 0.25) is 0 Å². The summed E-state index contributed by atoms with van der Waals surface area (Å²) in [6, 6.07) is 6.02.